The summed E-state index contributed by atoms with van der Waals surface area (Å²) in [4.78, 5) is 45.2. The fourth-order valence-corrected chi connectivity index (χ4v) is 5.26. The molecule has 0 unspecified atom stereocenters. The molecule has 2 aromatic carbocycles. The number of rotatable bonds is 6. The molecule has 41 heavy (non-hydrogen) atoms. The van der Waals surface area contributed by atoms with Crippen LogP contribution in [0.3, 0.4) is 0 Å². The topological polar surface area (TPSA) is 101 Å². The molecule has 2 amide bonds. The number of halogens is 1. The minimum Gasteiger partial charge on any atom is -0.434 e. The highest BCUT2D eigenvalue weighted by atomic mass is 19.1. The molecule has 1 aliphatic rings. The maximum Gasteiger partial charge on any atom is 0.513 e. The monoisotopic (exact) mass is 565 g/mol. The predicted molar refractivity (Wildman–Crippen MR) is 153 cm³/mol. The Labute approximate surface area is 238 Å². The summed E-state index contributed by atoms with van der Waals surface area (Å²) in [6, 6.07) is 10.5. The number of carbonyl (C=O) groups excluding carboxylic acids is 3. The van der Waals surface area contributed by atoms with E-state index in [1.165, 1.54) is 35.4 Å². The lowest BCUT2D eigenvalue weighted by Crippen LogP contribution is -2.43. The Morgan fingerprint density at radius 1 is 1.02 bits per heavy atom. The highest BCUT2D eigenvalue weighted by Gasteiger charge is 2.37. The normalized spacial score (nSPS) is 14.4. The molecule has 0 spiro atoms. The zero-order valence-corrected chi connectivity index (χ0v) is 24.4. The van der Waals surface area contributed by atoms with Gasteiger partial charge in [0.1, 0.15) is 11.6 Å². The summed E-state index contributed by atoms with van der Waals surface area (Å²) in [6.45, 7) is 13.6. The maximum atomic E-state index is 13.5. The number of H-pyrrole nitrogens is 1. The molecule has 0 saturated carbocycles. The lowest BCUT2D eigenvalue weighted by molar-refractivity contribution is 0.0788. The van der Waals surface area contributed by atoms with Crippen molar-refractivity contribution in [3.05, 3.63) is 71.3 Å². The summed E-state index contributed by atoms with van der Waals surface area (Å²) >= 11 is 0. The van der Waals surface area contributed by atoms with Crippen LogP contribution in [0.4, 0.5) is 14.0 Å². The molecule has 0 bridgehead atoms. The third-order valence-electron chi connectivity index (χ3n) is 6.87. The molecule has 0 fully saturated rings. The average molecular weight is 566 g/mol. The van der Waals surface area contributed by atoms with Gasteiger partial charge in [0.25, 0.3) is 5.91 Å². The molecule has 0 saturated heterocycles. The first-order valence-electron chi connectivity index (χ1n) is 13.6. The Kier molecular flexibility index (Phi) is 8.42. The molecule has 9 nitrogen and oxygen atoms in total. The van der Waals surface area contributed by atoms with Crippen LogP contribution in [-0.2, 0) is 14.9 Å². The number of nitrogens with one attached hydrogen (secondary N) is 1. The number of ether oxygens (including phenoxy) is 3. The van der Waals surface area contributed by atoms with Crippen LogP contribution in [0.15, 0.2) is 48.7 Å². The second-order valence-electron chi connectivity index (χ2n) is 11.1. The molecular weight excluding hydrogens is 529 g/mol. The summed E-state index contributed by atoms with van der Waals surface area (Å²) in [5.74, 6) is -0.396. The number of aromatic nitrogens is 1. The van der Waals surface area contributed by atoms with Crippen LogP contribution in [0.25, 0.3) is 16.7 Å². The van der Waals surface area contributed by atoms with E-state index in [9.17, 15) is 18.8 Å². The number of fused-ring (bicyclic) bond motifs is 3. The van der Waals surface area contributed by atoms with Crippen molar-refractivity contribution in [1.29, 1.82) is 0 Å². The lowest BCUT2D eigenvalue weighted by Gasteiger charge is -2.30. The SMILES string of the molecule is CCOC(=O)OC1=CN(C(=O)c2ccc(F)cc2)CC(C)(C)c2c1[nH]c1cc(OC(=O)N(C(C)C)C(C)C)ccc21. The van der Waals surface area contributed by atoms with Gasteiger partial charge in [-0.1, -0.05) is 13.8 Å². The second kappa shape index (κ2) is 11.6. The Balaban J connectivity index is 1.78. The quantitative estimate of drug-likeness (QED) is 0.329. The number of aromatic amines is 1. The molecule has 1 aromatic heterocycles. The fourth-order valence-electron chi connectivity index (χ4n) is 5.26. The number of amides is 2. The van der Waals surface area contributed by atoms with Crippen LogP contribution in [0.1, 0.15) is 70.1 Å². The zero-order chi connectivity index (χ0) is 30.1. The highest BCUT2D eigenvalue weighted by Crippen LogP contribution is 2.41. The van der Waals surface area contributed by atoms with Gasteiger partial charge in [0.15, 0.2) is 5.76 Å². The van der Waals surface area contributed by atoms with Crippen molar-refractivity contribution < 1.29 is 33.0 Å². The van der Waals surface area contributed by atoms with Crippen LogP contribution in [0.5, 0.6) is 5.75 Å². The number of hydrogen-bond donors (Lipinski definition) is 1. The van der Waals surface area contributed by atoms with Crippen molar-refractivity contribution in [2.45, 2.75) is 66.0 Å². The molecule has 1 N–H and O–H groups in total. The summed E-state index contributed by atoms with van der Waals surface area (Å²) in [7, 11) is 0. The molecule has 3 aromatic rings. The summed E-state index contributed by atoms with van der Waals surface area (Å²) in [5, 5.41) is 0.809. The Bertz CT molecular complexity index is 1480. The van der Waals surface area contributed by atoms with E-state index < -0.39 is 23.5 Å². The second-order valence-corrected chi connectivity index (χ2v) is 11.1. The molecule has 0 radical (unpaired) electrons. The van der Waals surface area contributed by atoms with Crippen molar-refractivity contribution in [1.82, 2.24) is 14.8 Å². The molecule has 1 aliphatic heterocycles. The van der Waals surface area contributed by atoms with E-state index in [1.54, 1.807) is 24.0 Å². The van der Waals surface area contributed by atoms with Crippen molar-refractivity contribution in [3.8, 4) is 5.75 Å². The van der Waals surface area contributed by atoms with E-state index >= 15 is 0 Å². The molecular formula is C31H36FN3O6. The van der Waals surface area contributed by atoms with E-state index in [0.717, 1.165) is 10.9 Å². The Hall–Kier alpha value is -4.34. The molecule has 0 atom stereocenters. The van der Waals surface area contributed by atoms with Gasteiger partial charge in [-0.05, 0) is 76.6 Å². The van der Waals surface area contributed by atoms with Crippen LogP contribution in [0, 0.1) is 5.82 Å². The van der Waals surface area contributed by atoms with Gasteiger partial charge in [-0.3, -0.25) is 4.79 Å². The maximum absolute atomic E-state index is 13.5. The van der Waals surface area contributed by atoms with Crippen molar-refractivity contribution in [2.75, 3.05) is 13.2 Å². The minimum absolute atomic E-state index is 0.0399. The van der Waals surface area contributed by atoms with Gasteiger partial charge in [0.05, 0.1) is 18.5 Å². The van der Waals surface area contributed by atoms with Gasteiger partial charge < -0.3 is 29.0 Å². The molecule has 10 heteroatoms. The number of hydrogen-bond acceptors (Lipinski definition) is 6. The molecule has 0 aliphatic carbocycles. The number of nitrogens with zero attached hydrogens (tertiary/aromatic N) is 2. The highest BCUT2D eigenvalue weighted by molar-refractivity contribution is 5.97. The van der Waals surface area contributed by atoms with E-state index in [0.29, 0.717) is 17.0 Å². The van der Waals surface area contributed by atoms with Crippen LogP contribution in [-0.4, -0.2) is 58.2 Å². The largest absolute Gasteiger partial charge is 0.513 e. The molecule has 218 valence electrons. The van der Waals surface area contributed by atoms with Gasteiger partial charge in [0.2, 0.25) is 0 Å². The first-order valence-corrected chi connectivity index (χ1v) is 13.6. The third kappa shape index (κ3) is 6.21. The van der Waals surface area contributed by atoms with Gasteiger partial charge >= 0.3 is 12.2 Å². The van der Waals surface area contributed by atoms with Gasteiger partial charge in [-0.25, -0.2) is 14.0 Å². The van der Waals surface area contributed by atoms with Gasteiger partial charge in [-0.15, -0.1) is 0 Å². The fraction of sp³-hybridized carbons (Fsp3) is 0.387. The summed E-state index contributed by atoms with van der Waals surface area (Å²) < 4.78 is 29.8. The lowest BCUT2D eigenvalue weighted by atomic mass is 9.82. The zero-order valence-electron chi connectivity index (χ0n) is 24.4. The van der Waals surface area contributed by atoms with E-state index in [1.807, 2.05) is 47.6 Å². The number of carbonyl (C=O) groups is 3. The standard InChI is InChI=1S/C31H36FN3O6/c1-8-39-30(38)41-25-16-34(28(36)20-9-11-21(32)12-10-20)17-31(6,7)26-23-14-13-22(15-24(23)33-27(25)26)40-29(37)35(18(2)3)19(4)5/h9-16,18-19,33H,8,17H2,1-7H3. The predicted octanol–water partition coefficient (Wildman–Crippen LogP) is 6.83. The molecule has 2 heterocycles. The van der Waals surface area contributed by atoms with E-state index in [2.05, 4.69) is 4.98 Å². The van der Waals surface area contributed by atoms with Crippen LogP contribution in [0.2, 0.25) is 0 Å². The van der Waals surface area contributed by atoms with E-state index in [-0.39, 0.29) is 42.5 Å². The van der Waals surface area contributed by atoms with Gasteiger partial charge in [-0.2, -0.15) is 0 Å². The van der Waals surface area contributed by atoms with E-state index in [4.69, 9.17) is 14.2 Å². The van der Waals surface area contributed by atoms with Crippen molar-refractivity contribution in [3.63, 3.8) is 0 Å². The van der Waals surface area contributed by atoms with Crippen LogP contribution >= 0.6 is 0 Å². The smallest absolute Gasteiger partial charge is 0.434 e. The summed E-state index contributed by atoms with van der Waals surface area (Å²) in [6.07, 6.45) is 0.0775. The first-order chi connectivity index (χ1) is 19.3. The van der Waals surface area contributed by atoms with Crippen molar-refractivity contribution in [2.24, 2.45) is 0 Å². The number of benzene rings is 2. The third-order valence-corrected chi connectivity index (χ3v) is 6.87. The van der Waals surface area contributed by atoms with Gasteiger partial charge in [0, 0.05) is 46.6 Å². The first kappa shape index (κ1) is 29.6. The van der Waals surface area contributed by atoms with Crippen LogP contribution < -0.4 is 4.74 Å². The summed E-state index contributed by atoms with van der Waals surface area (Å²) in [5.41, 5.74) is 1.60. The molecule has 4 rings (SSSR count). The Morgan fingerprint density at radius 2 is 1.68 bits per heavy atom. The minimum atomic E-state index is -0.922. The average Bonchev–Trinajstić information content (AvgIpc) is 3.22. The van der Waals surface area contributed by atoms with Crippen molar-refractivity contribution >= 4 is 34.8 Å². The Morgan fingerprint density at radius 3 is 2.29 bits per heavy atom.